The molecule has 0 aliphatic heterocycles. The molecule has 1 saturated carbocycles. The molecule has 0 atom stereocenters. The van der Waals surface area contributed by atoms with E-state index in [0.29, 0.717) is 11.7 Å². The summed E-state index contributed by atoms with van der Waals surface area (Å²) in [4.78, 5) is 7.69. The number of hydrogen-bond donors (Lipinski definition) is 2. The van der Waals surface area contributed by atoms with Gasteiger partial charge in [-0.1, -0.05) is 48.3 Å². The molecule has 1 fully saturated rings. The van der Waals surface area contributed by atoms with Crippen LogP contribution in [0.2, 0.25) is 0 Å². The number of rotatable bonds is 3. The first-order valence-corrected chi connectivity index (χ1v) is 7.62. The average molecular weight is 294 g/mol. The minimum Gasteiger partial charge on any atom is -0.366 e. The van der Waals surface area contributed by atoms with Crippen LogP contribution in [0.5, 0.6) is 0 Å². The normalized spacial score (nSPS) is 17.0. The zero-order chi connectivity index (χ0) is 15.0. The topological polar surface area (TPSA) is 80.7 Å². The summed E-state index contributed by atoms with van der Waals surface area (Å²) in [5, 5.41) is 4.14. The molecular formula is C17H18N4O. The Morgan fingerprint density at radius 2 is 1.77 bits per heavy atom. The van der Waals surface area contributed by atoms with E-state index in [1.165, 1.54) is 0 Å². The number of nitrogens with one attached hydrogen (secondary N) is 1. The second-order valence-electron chi connectivity index (χ2n) is 5.94. The van der Waals surface area contributed by atoms with Gasteiger partial charge in [-0.3, -0.25) is 0 Å². The lowest BCUT2D eigenvalue weighted by Gasteiger charge is -2.17. The second-order valence-corrected chi connectivity index (χ2v) is 5.94. The van der Waals surface area contributed by atoms with E-state index in [2.05, 4.69) is 27.3 Å². The molecule has 3 aromatic rings. The zero-order valence-electron chi connectivity index (χ0n) is 12.2. The Hall–Kier alpha value is -2.40. The lowest BCUT2D eigenvalue weighted by atomic mass is 9.98. The van der Waals surface area contributed by atoms with E-state index >= 15 is 0 Å². The van der Waals surface area contributed by atoms with Gasteiger partial charge in [0.15, 0.2) is 5.82 Å². The molecule has 1 aliphatic carbocycles. The summed E-state index contributed by atoms with van der Waals surface area (Å²) in [6.07, 6.45) is 7.93. The van der Waals surface area contributed by atoms with Crippen molar-refractivity contribution >= 4 is 0 Å². The molecule has 4 rings (SSSR count). The van der Waals surface area contributed by atoms with Gasteiger partial charge in [-0.2, -0.15) is 4.98 Å². The highest BCUT2D eigenvalue weighted by Gasteiger charge is 2.36. The first-order valence-electron chi connectivity index (χ1n) is 7.62. The van der Waals surface area contributed by atoms with E-state index in [4.69, 9.17) is 10.3 Å². The number of aromatic nitrogens is 3. The maximum atomic E-state index is 6.40. The molecule has 1 aromatic carbocycles. The number of H-pyrrole nitrogens is 1. The summed E-state index contributed by atoms with van der Waals surface area (Å²) < 4.78 is 5.49. The Balaban J connectivity index is 1.72. The predicted octanol–water partition coefficient (Wildman–Crippen LogP) is 3.46. The Labute approximate surface area is 128 Å². The van der Waals surface area contributed by atoms with Crippen LogP contribution in [-0.4, -0.2) is 15.1 Å². The maximum absolute atomic E-state index is 6.40. The minimum absolute atomic E-state index is 0.426. The van der Waals surface area contributed by atoms with E-state index in [1.807, 2.05) is 30.6 Å². The van der Waals surface area contributed by atoms with Gasteiger partial charge in [-0.05, 0) is 18.4 Å². The van der Waals surface area contributed by atoms with Crippen molar-refractivity contribution in [3.8, 4) is 22.6 Å². The van der Waals surface area contributed by atoms with E-state index in [1.54, 1.807) is 0 Å². The third kappa shape index (κ3) is 2.14. The lowest BCUT2D eigenvalue weighted by Crippen LogP contribution is -2.34. The van der Waals surface area contributed by atoms with Crippen LogP contribution in [0.3, 0.4) is 0 Å². The van der Waals surface area contributed by atoms with Crippen molar-refractivity contribution in [3.63, 3.8) is 0 Å². The Kier molecular flexibility index (Phi) is 3.08. The molecule has 0 saturated heterocycles. The molecule has 22 heavy (non-hydrogen) atoms. The average Bonchev–Trinajstić information content (AvgIpc) is 3.28. The summed E-state index contributed by atoms with van der Waals surface area (Å²) in [7, 11) is 0. The highest BCUT2D eigenvalue weighted by atomic mass is 16.5. The first kappa shape index (κ1) is 13.3. The molecule has 0 bridgehead atoms. The van der Waals surface area contributed by atoms with Crippen LogP contribution < -0.4 is 5.73 Å². The highest BCUT2D eigenvalue weighted by molar-refractivity contribution is 5.79. The standard InChI is InChI=1S/C17H18N4O/c18-17(8-4-5-9-17)16-20-15(22-21-16)14-11-19-10-13(14)12-6-2-1-3-7-12/h1-3,6-7,10-11,19H,4-5,8-9,18H2. The highest BCUT2D eigenvalue weighted by Crippen LogP contribution is 2.37. The molecule has 112 valence electrons. The van der Waals surface area contributed by atoms with Crippen molar-refractivity contribution in [2.45, 2.75) is 31.2 Å². The summed E-state index contributed by atoms with van der Waals surface area (Å²) in [5.41, 5.74) is 9.05. The van der Waals surface area contributed by atoms with E-state index < -0.39 is 5.54 Å². The van der Waals surface area contributed by atoms with Gasteiger partial charge in [0.2, 0.25) is 0 Å². The predicted molar refractivity (Wildman–Crippen MR) is 83.9 cm³/mol. The summed E-state index contributed by atoms with van der Waals surface area (Å²) in [6.45, 7) is 0. The van der Waals surface area contributed by atoms with Crippen LogP contribution in [0.25, 0.3) is 22.6 Å². The molecule has 3 N–H and O–H groups in total. The third-order valence-electron chi connectivity index (χ3n) is 4.43. The zero-order valence-corrected chi connectivity index (χ0v) is 12.2. The van der Waals surface area contributed by atoms with E-state index in [0.717, 1.165) is 42.4 Å². The van der Waals surface area contributed by atoms with E-state index in [-0.39, 0.29) is 0 Å². The molecule has 0 radical (unpaired) electrons. The van der Waals surface area contributed by atoms with Gasteiger partial charge in [0.1, 0.15) is 0 Å². The largest absolute Gasteiger partial charge is 0.366 e. The van der Waals surface area contributed by atoms with Crippen molar-refractivity contribution in [2.75, 3.05) is 0 Å². The van der Waals surface area contributed by atoms with Gasteiger partial charge in [0.25, 0.3) is 5.89 Å². The Bertz CT molecular complexity index is 769. The minimum atomic E-state index is -0.426. The Morgan fingerprint density at radius 1 is 1.05 bits per heavy atom. The molecule has 5 heteroatoms. The smallest absolute Gasteiger partial charge is 0.260 e. The fourth-order valence-electron chi connectivity index (χ4n) is 3.16. The molecule has 1 aliphatic rings. The van der Waals surface area contributed by atoms with Gasteiger partial charge in [0.05, 0.1) is 11.1 Å². The van der Waals surface area contributed by atoms with Crippen molar-refractivity contribution in [1.29, 1.82) is 0 Å². The van der Waals surface area contributed by atoms with E-state index in [9.17, 15) is 0 Å². The molecule has 2 aromatic heterocycles. The van der Waals surface area contributed by atoms with Crippen molar-refractivity contribution in [1.82, 2.24) is 15.1 Å². The van der Waals surface area contributed by atoms with Crippen LogP contribution in [-0.2, 0) is 5.54 Å². The van der Waals surface area contributed by atoms with Crippen LogP contribution in [0, 0.1) is 0 Å². The van der Waals surface area contributed by atoms with Crippen LogP contribution in [0.4, 0.5) is 0 Å². The molecule has 0 amide bonds. The van der Waals surface area contributed by atoms with Crippen molar-refractivity contribution < 1.29 is 4.52 Å². The summed E-state index contributed by atoms with van der Waals surface area (Å²) in [5.74, 6) is 1.15. The second kappa shape index (κ2) is 5.10. The maximum Gasteiger partial charge on any atom is 0.260 e. The van der Waals surface area contributed by atoms with Gasteiger partial charge in [-0.15, -0.1) is 0 Å². The summed E-state index contributed by atoms with van der Waals surface area (Å²) >= 11 is 0. The molecular weight excluding hydrogens is 276 g/mol. The number of aromatic amines is 1. The van der Waals surface area contributed by atoms with Crippen LogP contribution in [0.1, 0.15) is 31.5 Å². The summed E-state index contributed by atoms with van der Waals surface area (Å²) in [6, 6.07) is 10.1. The monoisotopic (exact) mass is 294 g/mol. The van der Waals surface area contributed by atoms with Crippen LogP contribution in [0.15, 0.2) is 47.2 Å². The van der Waals surface area contributed by atoms with Crippen LogP contribution >= 0.6 is 0 Å². The van der Waals surface area contributed by atoms with Crippen molar-refractivity contribution in [3.05, 3.63) is 48.5 Å². The number of nitrogens with two attached hydrogens (primary N) is 1. The number of nitrogens with zero attached hydrogens (tertiary/aromatic N) is 2. The number of benzene rings is 1. The third-order valence-corrected chi connectivity index (χ3v) is 4.43. The van der Waals surface area contributed by atoms with Gasteiger partial charge in [-0.25, -0.2) is 0 Å². The lowest BCUT2D eigenvalue weighted by molar-refractivity contribution is 0.372. The Morgan fingerprint density at radius 3 is 2.55 bits per heavy atom. The fraction of sp³-hybridized carbons (Fsp3) is 0.294. The van der Waals surface area contributed by atoms with Gasteiger partial charge < -0.3 is 15.2 Å². The van der Waals surface area contributed by atoms with Gasteiger partial charge in [0, 0.05) is 18.0 Å². The molecule has 2 heterocycles. The number of hydrogen-bond acceptors (Lipinski definition) is 4. The van der Waals surface area contributed by atoms with Crippen molar-refractivity contribution in [2.24, 2.45) is 5.73 Å². The quantitative estimate of drug-likeness (QED) is 0.775. The molecule has 0 unspecified atom stereocenters. The molecule has 5 nitrogen and oxygen atoms in total. The molecule has 0 spiro atoms. The SMILES string of the molecule is NC1(c2noc(-c3c[nH]cc3-c3ccccc3)n2)CCCC1. The fourth-order valence-corrected chi connectivity index (χ4v) is 3.16. The van der Waals surface area contributed by atoms with Gasteiger partial charge >= 0.3 is 0 Å². The first-order chi connectivity index (χ1) is 10.8.